The zero-order chi connectivity index (χ0) is 14.1. The first-order valence-corrected chi connectivity index (χ1v) is 7.45. The molecule has 0 amide bonds. The fraction of sp³-hybridized carbons (Fsp3) is 0.438. The Morgan fingerprint density at radius 3 is 2.85 bits per heavy atom. The molecule has 2 heterocycles. The molecule has 1 aliphatic heterocycles. The standard InChI is InChI=1S/C16H19ClN2O/c1-11-16(12(2)20-18-11)15-8-5-9-19(15)10-13-6-3-4-7-14(13)17/h3-4,6-7,15H,5,8-10H2,1-2H3/t15-/m1/s1. The molecule has 1 aliphatic rings. The second kappa shape index (κ2) is 5.58. The number of benzene rings is 1. The Balaban J connectivity index is 1.85. The van der Waals surface area contributed by atoms with Crippen molar-refractivity contribution >= 4 is 11.6 Å². The molecule has 3 nitrogen and oxygen atoms in total. The molecule has 0 spiro atoms. The smallest absolute Gasteiger partial charge is 0.138 e. The summed E-state index contributed by atoms with van der Waals surface area (Å²) in [5, 5.41) is 4.94. The molecule has 0 unspecified atom stereocenters. The highest BCUT2D eigenvalue weighted by Gasteiger charge is 2.30. The maximum absolute atomic E-state index is 6.28. The van der Waals surface area contributed by atoms with Gasteiger partial charge in [0.05, 0.1) is 5.69 Å². The van der Waals surface area contributed by atoms with Gasteiger partial charge < -0.3 is 4.52 Å². The van der Waals surface area contributed by atoms with Crippen LogP contribution in [0.15, 0.2) is 28.8 Å². The fourth-order valence-electron chi connectivity index (χ4n) is 3.15. The van der Waals surface area contributed by atoms with Crippen molar-refractivity contribution in [1.29, 1.82) is 0 Å². The van der Waals surface area contributed by atoms with Crippen molar-refractivity contribution in [2.75, 3.05) is 6.54 Å². The zero-order valence-electron chi connectivity index (χ0n) is 11.9. The Labute approximate surface area is 124 Å². The molecular weight excluding hydrogens is 272 g/mol. The van der Waals surface area contributed by atoms with E-state index in [1.54, 1.807) is 0 Å². The summed E-state index contributed by atoms with van der Waals surface area (Å²) in [6.07, 6.45) is 2.37. The molecule has 0 aliphatic carbocycles. The van der Waals surface area contributed by atoms with Gasteiger partial charge >= 0.3 is 0 Å². The summed E-state index contributed by atoms with van der Waals surface area (Å²) in [7, 11) is 0. The maximum Gasteiger partial charge on any atom is 0.138 e. The third-order valence-corrected chi connectivity index (χ3v) is 4.49. The monoisotopic (exact) mass is 290 g/mol. The summed E-state index contributed by atoms with van der Waals surface area (Å²) in [6, 6.07) is 8.48. The predicted octanol–water partition coefficient (Wildman–Crippen LogP) is 4.28. The molecule has 1 fully saturated rings. The van der Waals surface area contributed by atoms with Crippen molar-refractivity contribution in [1.82, 2.24) is 10.1 Å². The molecule has 2 aromatic rings. The molecule has 0 bridgehead atoms. The van der Waals surface area contributed by atoms with Gasteiger partial charge in [-0.3, -0.25) is 4.90 Å². The van der Waals surface area contributed by atoms with E-state index in [-0.39, 0.29) is 0 Å². The molecule has 0 radical (unpaired) electrons. The number of halogens is 1. The molecule has 1 aromatic carbocycles. The molecule has 106 valence electrons. The zero-order valence-corrected chi connectivity index (χ0v) is 12.7. The lowest BCUT2D eigenvalue weighted by Crippen LogP contribution is -2.23. The highest BCUT2D eigenvalue weighted by atomic mass is 35.5. The highest BCUT2D eigenvalue weighted by molar-refractivity contribution is 6.31. The molecule has 3 rings (SSSR count). The second-order valence-electron chi connectivity index (χ2n) is 5.46. The first-order valence-electron chi connectivity index (χ1n) is 7.07. The van der Waals surface area contributed by atoms with Gasteiger partial charge in [0, 0.05) is 23.2 Å². The van der Waals surface area contributed by atoms with E-state index in [9.17, 15) is 0 Å². The van der Waals surface area contributed by atoms with E-state index in [0.29, 0.717) is 6.04 Å². The average Bonchev–Trinajstić information content (AvgIpc) is 2.99. The summed E-state index contributed by atoms with van der Waals surface area (Å²) < 4.78 is 5.33. The number of hydrogen-bond donors (Lipinski definition) is 0. The predicted molar refractivity (Wildman–Crippen MR) is 79.8 cm³/mol. The van der Waals surface area contributed by atoms with Crippen LogP contribution in [0, 0.1) is 13.8 Å². The van der Waals surface area contributed by atoms with Gasteiger partial charge in [0.2, 0.25) is 0 Å². The van der Waals surface area contributed by atoms with Crippen molar-refractivity contribution in [3.05, 3.63) is 51.9 Å². The van der Waals surface area contributed by atoms with Crippen LogP contribution in [0.2, 0.25) is 5.02 Å². The lowest BCUT2D eigenvalue weighted by Gasteiger charge is -2.25. The minimum absolute atomic E-state index is 0.400. The van der Waals surface area contributed by atoms with Crippen LogP contribution in [-0.2, 0) is 6.54 Å². The quantitative estimate of drug-likeness (QED) is 0.845. The summed E-state index contributed by atoms with van der Waals surface area (Å²) in [6.45, 7) is 6.01. The fourth-order valence-corrected chi connectivity index (χ4v) is 3.35. The van der Waals surface area contributed by atoms with E-state index in [1.165, 1.54) is 17.5 Å². The highest BCUT2D eigenvalue weighted by Crippen LogP contribution is 2.37. The van der Waals surface area contributed by atoms with Crippen LogP contribution >= 0.6 is 11.6 Å². The SMILES string of the molecule is Cc1noc(C)c1[C@H]1CCCN1Cc1ccccc1Cl. The van der Waals surface area contributed by atoms with Gasteiger partial charge in [-0.15, -0.1) is 0 Å². The van der Waals surface area contributed by atoms with E-state index in [4.69, 9.17) is 16.1 Å². The van der Waals surface area contributed by atoms with Crippen LogP contribution in [0.4, 0.5) is 0 Å². The third kappa shape index (κ3) is 2.48. The Morgan fingerprint density at radius 2 is 2.15 bits per heavy atom. The van der Waals surface area contributed by atoms with Crippen molar-refractivity contribution in [3.8, 4) is 0 Å². The molecule has 0 N–H and O–H groups in total. The van der Waals surface area contributed by atoms with Gasteiger partial charge in [-0.05, 0) is 44.9 Å². The van der Waals surface area contributed by atoms with Crippen molar-refractivity contribution in [2.45, 2.75) is 39.3 Å². The number of rotatable bonds is 3. The van der Waals surface area contributed by atoms with Crippen molar-refractivity contribution in [3.63, 3.8) is 0 Å². The van der Waals surface area contributed by atoms with Gasteiger partial charge in [-0.2, -0.15) is 0 Å². The average molecular weight is 291 g/mol. The van der Waals surface area contributed by atoms with Crippen LogP contribution in [0.5, 0.6) is 0 Å². The van der Waals surface area contributed by atoms with Crippen LogP contribution in [0.3, 0.4) is 0 Å². The van der Waals surface area contributed by atoms with Gasteiger partial charge in [0.25, 0.3) is 0 Å². The largest absolute Gasteiger partial charge is 0.361 e. The lowest BCUT2D eigenvalue weighted by molar-refractivity contribution is 0.245. The molecule has 20 heavy (non-hydrogen) atoms. The van der Waals surface area contributed by atoms with Crippen molar-refractivity contribution < 1.29 is 4.52 Å². The topological polar surface area (TPSA) is 29.3 Å². The maximum atomic E-state index is 6.28. The first-order chi connectivity index (χ1) is 9.66. The molecule has 1 saturated heterocycles. The third-order valence-electron chi connectivity index (χ3n) is 4.12. The molecule has 1 aromatic heterocycles. The van der Waals surface area contributed by atoms with Gasteiger partial charge in [-0.25, -0.2) is 0 Å². The Kier molecular flexibility index (Phi) is 3.81. The first kappa shape index (κ1) is 13.7. The van der Waals surface area contributed by atoms with Crippen LogP contribution in [-0.4, -0.2) is 16.6 Å². The second-order valence-corrected chi connectivity index (χ2v) is 5.86. The molecular formula is C16H19ClN2O. The Morgan fingerprint density at radius 1 is 1.35 bits per heavy atom. The minimum atomic E-state index is 0.400. The summed E-state index contributed by atoms with van der Waals surface area (Å²) >= 11 is 6.28. The number of hydrogen-bond acceptors (Lipinski definition) is 3. The van der Waals surface area contributed by atoms with E-state index < -0.39 is 0 Å². The molecule has 1 atom stereocenters. The number of nitrogens with zero attached hydrogens (tertiary/aromatic N) is 2. The van der Waals surface area contributed by atoms with Crippen molar-refractivity contribution in [2.24, 2.45) is 0 Å². The van der Waals surface area contributed by atoms with E-state index in [2.05, 4.69) is 16.1 Å². The van der Waals surface area contributed by atoms with Gasteiger partial charge in [-0.1, -0.05) is 35.0 Å². The number of aryl methyl sites for hydroxylation is 2. The van der Waals surface area contributed by atoms with Gasteiger partial charge in [0.1, 0.15) is 5.76 Å². The van der Waals surface area contributed by atoms with Crippen LogP contribution < -0.4 is 0 Å². The number of likely N-dealkylation sites (tertiary alicyclic amines) is 1. The van der Waals surface area contributed by atoms with E-state index in [1.807, 2.05) is 32.0 Å². The molecule has 4 heteroatoms. The van der Waals surface area contributed by atoms with Gasteiger partial charge in [0.15, 0.2) is 0 Å². The summed E-state index contributed by atoms with van der Waals surface area (Å²) in [4.78, 5) is 2.48. The lowest BCUT2D eigenvalue weighted by atomic mass is 10.0. The number of aromatic nitrogens is 1. The summed E-state index contributed by atoms with van der Waals surface area (Å²) in [5.74, 6) is 0.943. The molecule has 0 saturated carbocycles. The Hall–Kier alpha value is -1.32. The minimum Gasteiger partial charge on any atom is -0.361 e. The normalized spacial score (nSPS) is 19.6. The summed E-state index contributed by atoms with van der Waals surface area (Å²) in [5.41, 5.74) is 3.46. The Bertz CT molecular complexity index is 589. The van der Waals surface area contributed by atoms with Crippen LogP contribution in [0.25, 0.3) is 0 Å². The van der Waals surface area contributed by atoms with E-state index in [0.717, 1.165) is 36.0 Å². The van der Waals surface area contributed by atoms with E-state index >= 15 is 0 Å². The van der Waals surface area contributed by atoms with Crippen LogP contribution in [0.1, 0.15) is 41.5 Å².